The number of ether oxygens (including phenoxy) is 1. The number of allylic oxidation sites excluding steroid dienone is 1. The summed E-state index contributed by atoms with van der Waals surface area (Å²) < 4.78 is 14.1. The van der Waals surface area contributed by atoms with Crippen LogP contribution in [0, 0.1) is 17.8 Å². The highest BCUT2D eigenvalue weighted by Gasteiger charge is 2.58. The number of hydrogen-bond acceptors (Lipinski definition) is 5. The molecule has 1 aliphatic carbocycles. The van der Waals surface area contributed by atoms with Crippen molar-refractivity contribution in [2.24, 2.45) is 17.8 Å². The molecule has 52 heavy (non-hydrogen) atoms. The summed E-state index contributed by atoms with van der Waals surface area (Å²) in [4.78, 5) is 29.9. The lowest BCUT2D eigenvalue weighted by Crippen LogP contribution is -2.66. The molecule has 0 spiro atoms. The van der Waals surface area contributed by atoms with Crippen molar-refractivity contribution in [2.45, 2.75) is 64.5 Å². The molecule has 2 saturated heterocycles. The predicted molar refractivity (Wildman–Crippen MR) is 210 cm³/mol. The number of carbonyl (C=O) groups is 2. The molecule has 0 saturated carbocycles. The summed E-state index contributed by atoms with van der Waals surface area (Å²) in [6.45, 7) is 9.76. The first kappa shape index (κ1) is 35.8. The average Bonchev–Trinajstić information content (AvgIpc) is 3.68. The Bertz CT molecular complexity index is 1930. The Morgan fingerprint density at radius 1 is 0.865 bits per heavy atom. The van der Waals surface area contributed by atoms with Crippen LogP contribution in [0.4, 0.5) is 5.69 Å². The van der Waals surface area contributed by atoms with Crippen molar-refractivity contribution in [3.8, 4) is 5.75 Å². The van der Waals surface area contributed by atoms with E-state index in [0.717, 1.165) is 36.0 Å². The second-order valence-electron chi connectivity index (χ2n) is 15.4. The van der Waals surface area contributed by atoms with Gasteiger partial charge in [0.15, 0.2) is 0 Å². The van der Waals surface area contributed by atoms with E-state index >= 15 is 0 Å². The Labute approximate surface area is 308 Å². The third-order valence-electron chi connectivity index (χ3n) is 11.3. The molecule has 4 atom stereocenters. The Hall–Kier alpha value is -4.56. The number of carbonyl (C=O) groups excluding carboxylic acids is 2. The van der Waals surface area contributed by atoms with Gasteiger partial charge in [0.1, 0.15) is 5.75 Å². The molecule has 7 heteroatoms. The average molecular weight is 712 g/mol. The number of benzene rings is 4. The van der Waals surface area contributed by atoms with E-state index in [4.69, 9.17) is 9.16 Å². The number of para-hydroxylation sites is 1. The molecule has 3 aliphatic rings. The normalized spacial score (nSPS) is 22.2. The van der Waals surface area contributed by atoms with Gasteiger partial charge in [0, 0.05) is 5.92 Å². The van der Waals surface area contributed by atoms with Crippen molar-refractivity contribution in [1.29, 1.82) is 0 Å². The van der Waals surface area contributed by atoms with Gasteiger partial charge in [-0.1, -0.05) is 130 Å². The molecule has 1 N–H and O–H groups in total. The second-order valence-corrected chi connectivity index (χ2v) is 19.7. The molecule has 2 aliphatic heterocycles. The highest BCUT2D eigenvalue weighted by molar-refractivity contribution is 6.99. The van der Waals surface area contributed by atoms with Crippen LogP contribution < -0.4 is 15.3 Å². The van der Waals surface area contributed by atoms with E-state index in [1.165, 1.54) is 20.8 Å². The van der Waals surface area contributed by atoms with Crippen LogP contribution in [0.25, 0.3) is 6.08 Å². The smallest absolute Gasteiger partial charge is 0.261 e. The summed E-state index contributed by atoms with van der Waals surface area (Å²) in [5.41, 5.74) is 5.12. The van der Waals surface area contributed by atoms with E-state index in [9.17, 15) is 14.7 Å². The largest absolute Gasteiger partial charge is 0.508 e. The first-order chi connectivity index (χ1) is 25.1. The zero-order valence-electron chi connectivity index (χ0n) is 30.6. The lowest BCUT2D eigenvalue weighted by atomic mass is 9.69. The molecular weight excluding hydrogens is 663 g/mol. The molecule has 6 nitrogen and oxygen atoms in total. The van der Waals surface area contributed by atoms with Crippen LogP contribution in [-0.2, 0) is 18.8 Å². The first-order valence-electron chi connectivity index (χ1n) is 18.6. The van der Waals surface area contributed by atoms with Crippen LogP contribution >= 0.6 is 0 Å². The summed E-state index contributed by atoms with van der Waals surface area (Å²) in [6.07, 6.45) is 4.89. The summed E-state index contributed by atoms with van der Waals surface area (Å²) >= 11 is 0. The number of amides is 2. The van der Waals surface area contributed by atoms with Crippen LogP contribution in [0.2, 0.25) is 5.04 Å². The van der Waals surface area contributed by atoms with Crippen LogP contribution in [0.15, 0.2) is 132 Å². The third-order valence-corrected chi connectivity index (χ3v) is 16.3. The fraction of sp³-hybridized carbons (Fsp3) is 0.333. The van der Waals surface area contributed by atoms with Crippen LogP contribution in [0.5, 0.6) is 5.75 Å². The minimum absolute atomic E-state index is 0.127. The van der Waals surface area contributed by atoms with Crippen LogP contribution in [0.3, 0.4) is 0 Å². The molecule has 268 valence electrons. The monoisotopic (exact) mass is 711 g/mol. The fourth-order valence-corrected chi connectivity index (χ4v) is 13.5. The van der Waals surface area contributed by atoms with Crippen LogP contribution in [0.1, 0.15) is 58.9 Å². The number of phenolic OH excluding ortho intramolecular Hbond substituents is 1. The summed E-state index contributed by atoms with van der Waals surface area (Å²) in [5, 5.41) is 12.2. The summed E-state index contributed by atoms with van der Waals surface area (Å²) in [5.74, 6) is -1.12. The molecule has 4 aromatic carbocycles. The fourth-order valence-electron chi connectivity index (χ4n) is 8.91. The molecule has 2 fully saturated rings. The van der Waals surface area contributed by atoms with Crippen molar-refractivity contribution >= 4 is 42.3 Å². The van der Waals surface area contributed by atoms with Gasteiger partial charge in [-0.2, -0.15) is 0 Å². The lowest BCUT2D eigenvalue weighted by Gasteiger charge is -2.44. The van der Waals surface area contributed by atoms with E-state index in [1.807, 2.05) is 54.6 Å². The molecule has 0 bridgehead atoms. The highest BCUT2D eigenvalue weighted by Crippen LogP contribution is 2.51. The second kappa shape index (κ2) is 14.8. The van der Waals surface area contributed by atoms with Crippen molar-refractivity contribution in [2.75, 3.05) is 18.1 Å². The van der Waals surface area contributed by atoms with E-state index in [2.05, 4.69) is 82.3 Å². The number of anilines is 1. The first-order valence-corrected chi connectivity index (χ1v) is 20.5. The van der Waals surface area contributed by atoms with Crippen molar-refractivity contribution in [1.82, 2.24) is 0 Å². The van der Waals surface area contributed by atoms with Gasteiger partial charge in [0.05, 0.1) is 36.8 Å². The zero-order chi connectivity index (χ0) is 36.5. The maximum atomic E-state index is 14.2. The SMILES string of the molecule is CC/C(=C\c1cccc(O)c1)CC[C@H]1OC[C@H]2C1=C(CO[Si](c1ccccc1)(c1ccccc1)C(C)(C)C)C[C@H]1C(=O)N(c3ccccc3)C(=O)[C@H]12. The molecular formula is C45H49NO5Si. The molecule has 7 rings (SSSR count). The van der Waals surface area contributed by atoms with Crippen molar-refractivity contribution < 1.29 is 23.9 Å². The molecule has 2 amide bonds. The Kier molecular flexibility index (Phi) is 10.2. The topological polar surface area (TPSA) is 76.1 Å². The van der Waals surface area contributed by atoms with E-state index in [1.54, 1.807) is 12.1 Å². The molecule has 4 aromatic rings. The number of nitrogens with zero attached hydrogens (tertiary/aromatic N) is 1. The standard InChI is InChI=1S/C45H49NO5Si/c1-5-31(26-32-16-15-19-35(47)27-32)24-25-40-41-33(28-38-42(39(41)30-50-40)44(49)46(43(38)48)34-17-9-6-10-18-34)29-51-52(45(2,3)4,36-20-11-7-12-21-36)37-22-13-8-14-23-37/h6-23,26-27,38-40,42,47H,5,24-25,28-30H2,1-4H3/b31-26+/t38-,39+,40-,42-/m1/s1. The predicted octanol–water partition coefficient (Wildman–Crippen LogP) is 8.06. The van der Waals surface area contributed by atoms with Crippen molar-refractivity contribution in [3.63, 3.8) is 0 Å². The van der Waals surface area contributed by atoms with E-state index in [0.29, 0.717) is 25.3 Å². The molecule has 0 aromatic heterocycles. The van der Waals surface area contributed by atoms with Gasteiger partial charge in [-0.3, -0.25) is 14.5 Å². The van der Waals surface area contributed by atoms with Crippen LogP contribution in [-0.4, -0.2) is 44.6 Å². The highest BCUT2D eigenvalue weighted by atomic mass is 28.4. The number of imide groups is 1. The molecule has 2 heterocycles. The molecule has 0 radical (unpaired) electrons. The summed E-state index contributed by atoms with van der Waals surface area (Å²) in [6, 6.07) is 37.9. The third kappa shape index (κ3) is 6.62. The number of rotatable bonds is 11. The molecule has 0 unspecified atom stereocenters. The number of aromatic hydroxyl groups is 1. The van der Waals surface area contributed by atoms with E-state index in [-0.39, 0.29) is 34.6 Å². The maximum absolute atomic E-state index is 14.2. The Balaban J connectivity index is 1.27. The maximum Gasteiger partial charge on any atom is 0.261 e. The minimum atomic E-state index is -2.89. The van der Waals surface area contributed by atoms with Gasteiger partial charge in [-0.05, 0) is 82.1 Å². The van der Waals surface area contributed by atoms with E-state index < -0.39 is 20.2 Å². The summed E-state index contributed by atoms with van der Waals surface area (Å²) in [7, 11) is -2.89. The minimum Gasteiger partial charge on any atom is -0.508 e. The van der Waals surface area contributed by atoms with Gasteiger partial charge >= 0.3 is 0 Å². The van der Waals surface area contributed by atoms with Gasteiger partial charge < -0.3 is 14.3 Å². The Morgan fingerprint density at radius 2 is 1.50 bits per heavy atom. The Morgan fingerprint density at radius 3 is 2.10 bits per heavy atom. The lowest BCUT2D eigenvalue weighted by molar-refractivity contribution is -0.122. The zero-order valence-corrected chi connectivity index (χ0v) is 31.6. The van der Waals surface area contributed by atoms with Crippen molar-refractivity contribution in [3.05, 3.63) is 138 Å². The van der Waals surface area contributed by atoms with Gasteiger partial charge in [-0.25, -0.2) is 0 Å². The van der Waals surface area contributed by atoms with Gasteiger partial charge in [-0.15, -0.1) is 0 Å². The number of hydrogen-bond donors (Lipinski definition) is 1. The van der Waals surface area contributed by atoms with Gasteiger partial charge in [0.2, 0.25) is 11.8 Å². The quantitative estimate of drug-likeness (QED) is 0.0968. The number of fused-ring (bicyclic) bond motifs is 3. The van der Waals surface area contributed by atoms with Gasteiger partial charge in [0.25, 0.3) is 8.32 Å². The number of phenols is 1.